The molecule has 1 aromatic heterocycles. The second-order valence-electron chi connectivity index (χ2n) is 4.18. The number of furan rings is 1. The summed E-state index contributed by atoms with van der Waals surface area (Å²) >= 11 is 0. The molecule has 0 atom stereocenters. The lowest BCUT2D eigenvalue weighted by molar-refractivity contribution is -0.402. The maximum absolute atomic E-state index is 11.9. The average Bonchev–Trinajstić information content (AvgIpc) is 2.90. The first-order chi connectivity index (χ1) is 9.88. The van der Waals surface area contributed by atoms with Gasteiger partial charge in [-0.25, -0.2) is 4.79 Å². The Labute approximate surface area is 118 Å². The Morgan fingerprint density at radius 1 is 1.29 bits per heavy atom. The maximum Gasteiger partial charge on any atom is 0.433 e. The molecular formula is C13H10N2O6. The van der Waals surface area contributed by atoms with Crippen LogP contribution in [-0.4, -0.2) is 21.9 Å². The van der Waals surface area contributed by atoms with Gasteiger partial charge in [0.05, 0.1) is 11.6 Å². The highest BCUT2D eigenvalue weighted by Gasteiger charge is 2.18. The smallest absolute Gasteiger partial charge is 0.433 e. The van der Waals surface area contributed by atoms with E-state index in [1.165, 1.54) is 24.3 Å². The molecule has 21 heavy (non-hydrogen) atoms. The van der Waals surface area contributed by atoms with E-state index in [4.69, 9.17) is 9.52 Å². The molecule has 2 rings (SSSR count). The highest BCUT2D eigenvalue weighted by Crippen LogP contribution is 2.20. The number of aryl methyl sites for hydroxylation is 1. The van der Waals surface area contributed by atoms with Gasteiger partial charge in [0.2, 0.25) is 0 Å². The van der Waals surface area contributed by atoms with E-state index < -0.39 is 22.7 Å². The second kappa shape index (κ2) is 5.45. The number of anilines is 1. The molecule has 0 radical (unpaired) electrons. The fourth-order valence-corrected chi connectivity index (χ4v) is 1.67. The number of hydrogen-bond donors (Lipinski definition) is 2. The Bertz CT molecular complexity index is 734. The van der Waals surface area contributed by atoms with Gasteiger partial charge in [-0.1, -0.05) is 0 Å². The van der Waals surface area contributed by atoms with Crippen LogP contribution in [-0.2, 0) is 0 Å². The number of hydrogen-bond acceptors (Lipinski definition) is 5. The zero-order valence-electron chi connectivity index (χ0n) is 10.8. The fraction of sp³-hybridized carbons (Fsp3) is 0.0769. The van der Waals surface area contributed by atoms with Crippen LogP contribution in [0.4, 0.5) is 11.6 Å². The minimum absolute atomic E-state index is 0.0964. The molecule has 0 aliphatic heterocycles. The molecule has 2 aromatic rings. The number of nitrogens with zero attached hydrogens (tertiary/aromatic N) is 1. The number of aromatic carboxylic acids is 1. The van der Waals surface area contributed by atoms with Crippen molar-refractivity contribution in [3.63, 3.8) is 0 Å². The number of rotatable bonds is 4. The van der Waals surface area contributed by atoms with E-state index in [1.54, 1.807) is 6.92 Å². The number of carboxylic acids is 1. The second-order valence-corrected chi connectivity index (χ2v) is 4.18. The van der Waals surface area contributed by atoms with E-state index in [9.17, 15) is 19.7 Å². The van der Waals surface area contributed by atoms with E-state index in [0.717, 1.165) is 6.07 Å². The summed E-state index contributed by atoms with van der Waals surface area (Å²) in [5, 5.41) is 21.8. The minimum atomic E-state index is -1.07. The first kappa shape index (κ1) is 14.3. The SMILES string of the molecule is Cc1cc(C(=O)O)ccc1NC(=O)c1ccc([N+](=O)[O-])o1. The summed E-state index contributed by atoms with van der Waals surface area (Å²) in [6.45, 7) is 1.63. The molecule has 0 unspecified atom stereocenters. The van der Waals surface area contributed by atoms with Gasteiger partial charge >= 0.3 is 11.9 Å². The number of benzene rings is 1. The van der Waals surface area contributed by atoms with Gasteiger partial charge in [0.15, 0.2) is 5.76 Å². The molecule has 0 aliphatic rings. The van der Waals surface area contributed by atoms with E-state index in [1.807, 2.05) is 0 Å². The quantitative estimate of drug-likeness (QED) is 0.658. The monoisotopic (exact) mass is 290 g/mol. The van der Waals surface area contributed by atoms with Crippen LogP contribution in [0, 0.1) is 17.0 Å². The summed E-state index contributed by atoms with van der Waals surface area (Å²) < 4.78 is 4.78. The van der Waals surface area contributed by atoms with Crippen LogP contribution < -0.4 is 5.32 Å². The third-order valence-corrected chi connectivity index (χ3v) is 2.72. The van der Waals surface area contributed by atoms with Gasteiger partial charge < -0.3 is 14.8 Å². The lowest BCUT2D eigenvalue weighted by atomic mass is 10.1. The average molecular weight is 290 g/mol. The molecule has 1 amide bonds. The van der Waals surface area contributed by atoms with Crippen LogP contribution in [0.5, 0.6) is 0 Å². The summed E-state index contributed by atoms with van der Waals surface area (Å²) in [6, 6.07) is 6.45. The predicted octanol–water partition coefficient (Wildman–Crippen LogP) is 2.45. The van der Waals surface area contributed by atoms with Crippen molar-refractivity contribution in [1.82, 2.24) is 0 Å². The predicted molar refractivity (Wildman–Crippen MR) is 71.5 cm³/mol. The highest BCUT2D eigenvalue weighted by atomic mass is 16.6. The van der Waals surface area contributed by atoms with Gasteiger partial charge in [0.25, 0.3) is 5.91 Å². The Balaban J connectivity index is 2.19. The molecule has 8 nitrogen and oxygen atoms in total. The van der Waals surface area contributed by atoms with Crippen LogP contribution in [0.25, 0.3) is 0 Å². The Morgan fingerprint density at radius 2 is 2.00 bits per heavy atom. The lowest BCUT2D eigenvalue weighted by Crippen LogP contribution is -2.12. The van der Waals surface area contributed by atoms with Crippen molar-refractivity contribution in [1.29, 1.82) is 0 Å². The number of carbonyl (C=O) groups excluding carboxylic acids is 1. The first-order valence-corrected chi connectivity index (χ1v) is 5.78. The van der Waals surface area contributed by atoms with Gasteiger partial charge in [0, 0.05) is 5.69 Å². The van der Waals surface area contributed by atoms with Crippen molar-refractivity contribution in [2.24, 2.45) is 0 Å². The normalized spacial score (nSPS) is 10.1. The van der Waals surface area contributed by atoms with Crippen molar-refractivity contribution in [3.05, 3.63) is 57.3 Å². The molecule has 0 bridgehead atoms. The minimum Gasteiger partial charge on any atom is -0.478 e. The van der Waals surface area contributed by atoms with Crippen molar-refractivity contribution >= 4 is 23.4 Å². The molecule has 0 saturated heterocycles. The summed E-state index contributed by atoms with van der Waals surface area (Å²) in [6.07, 6.45) is 0. The molecule has 0 spiro atoms. The summed E-state index contributed by atoms with van der Waals surface area (Å²) in [4.78, 5) is 32.4. The number of carbonyl (C=O) groups is 2. The molecule has 8 heteroatoms. The molecule has 1 heterocycles. The van der Waals surface area contributed by atoms with Crippen molar-refractivity contribution in [3.8, 4) is 0 Å². The van der Waals surface area contributed by atoms with E-state index in [-0.39, 0.29) is 11.3 Å². The van der Waals surface area contributed by atoms with Crippen LogP contribution in [0.1, 0.15) is 26.5 Å². The first-order valence-electron chi connectivity index (χ1n) is 5.78. The summed E-state index contributed by atoms with van der Waals surface area (Å²) in [5.74, 6) is -2.46. The number of nitrogens with one attached hydrogen (secondary N) is 1. The van der Waals surface area contributed by atoms with Gasteiger partial charge in [0.1, 0.15) is 4.92 Å². The largest absolute Gasteiger partial charge is 0.478 e. The van der Waals surface area contributed by atoms with Gasteiger partial charge in [-0.3, -0.25) is 14.9 Å². The zero-order valence-corrected chi connectivity index (χ0v) is 10.8. The topological polar surface area (TPSA) is 123 Å². The standard InChI is InChI=1S/C13H10N2O6/c1-7-6-8(13(17)18)2-3-9(7)14-12(16)10-4-5-11(21-10)15(19)20/h2-6H,1H3,(H,14,16)(H,17,18). The Kier molecular flexibility index (Phi) is 3.70. The van der Waals surface area contributed by atoms with Gasteiger partial charge in [-0.15, -0.1) is 0 Å². The zero-order chi connectivity index (χ0) is 15.6. The Morgan fingerprint density at radius 3 is 2.52 bits per heavy atom. The third-order valence-electron chi connectivity index (χ3n) is 2.72. The fourth-order valence-electron chi connectivity index (χ4n) is 1.67. The molecule has 0 aliphatic carbocycles. The molecule has 1 aromatic carbocycles. The maximum atomic E-state index is 11.9. The van der Waals surface area contributed by atoms with E-state index >= 15 is 0 Å². The van der Waals surface area contributed by atoms with Crippen LogP contribution >= 0.6 is 0 Å². The third kappa shape index (κ3) is 3.06. The summed E-state index contributed by atoms with van der Waals surface area (Å²) in [7, 11) is 0. The number of nitro groups is 1. The number of amides is 1. The van der Waals surface area contributed by atoms with Gasteiger partial charge in [-0.2, -0.15) is 0 Å². The molecule has 0 saturated carbocycles. The summed E-state index contributed by atoms with van der Waals surface area (Å²) in [5.41, 5.74) is 1.03. The Hall–Kier alpha value is -3.16. The van der Waals surface area contributed by atoms with Crippen molar-refractivity contribution < 1.29 is 24.0 Å². The molecule has 0 fully saturated rings. The van der Waals surface area contributed by atoms with E-state index in [0.29, 0.717) is 11.3 Å². The van der Waals surface area contributed by atoms with Crippen LogP contribution in [0.3, 0.4) is 0 Å². The van der Waals surface area contributed by atoms with E-state index in [2.05, 4.69) is 5.32 Å². The van der Waals surface area contributed by atoms with Crippen LogP contribution in [0.15, 0.2) is 34.7 Å². The molecular weight excluding hydrogens is 280 g/mol. The van der Waals surface area contributed by atoms with Crippen molar-refractivity contribution in [2.75, 3.05) is 5.32 Å². The van der Waals surface area contributed by atoms with Gasteiger partial charge in [-0.05, 0) is 36.8 Å². The number of carboxylic acid groups (broad SMARTS) is 1. The molecule has 108 valence electrons. The molecule has 2 N–H and O–H groups in total. The van der Waals surface area contributed by atoms with Crippen molar-refractivity contribution in [2.45, 2.75) is 6.92 Å². The highest BCUT2D eigenvalue weighted by molar-refractivity contribution is 6.03. The van der Waals surface area contributed by atoms with Crippen LogP contribution in [0.2, 0.25) is 0 Å². The lowest BCUT2D eigenvalue weighted by Gasteiger charge is -2.07.